The van der Waals surface area contributed by atoms with E-state index in [9.17, 15) is 4.79 Å². The summed E-state index contributed by atoms with van der Waals surface area (Å²) in [5.74, 6) is -0.106. The van der Waals surface area contributed by atoms with Crippen LogP contribution in [0.5, 0.6) is 0 Å². The Morgan fingerprint density at radius 3 is 2.00 bits per heavy atom. The number of carbonyl (C=O) groups excluding carboxylic acids is 1. The molecule has 0 unspecified atom stereocenters. The Hall–Kier alpha value is -2.95. The highest BCUT2D eigenvalue weighted by Crippen LogP contribution is 2.30. The van der Waals surface area contributed by atoms with Gasteiger partial charge in [-0.1, -0.05) is 36.9 Å². The lowest BCUT2D eigenvalue weighted by atomic mass is 10.0. The minimum Gasteiger partial charge on any atom is -0.439 e. The second-order valence-electron chi connectivity index (χ2n) is 3.95. The number of fused-ring (bicyclic) bond motifs is 2. The van der Waals surface area contributed by atoms with Crippen molar-refractivity contribution in [2.45, 2.75) is 0 Å². The average Bonchev–Trinajstić information content (AvgIpc) is 2.94. The summed E-state index contributed by atoms with van der Waals surface area (Å²) in [6.45, 7) is 10.6. The molecule has 1 aromatic carbocycles. The van der Waals surface area contributed by atoms with Crippen LogP contribution in [0.4, 0.5) is 0 Å². The molecule has 0 bridgehead atoms. The van der Waals surface area contributed by atoms with E-state index in [2.05, 4.69) is 36.9 Å². The second-order valence-corrected chi connectivity index (χ2v) is 3.95. The molecule has 0 aliphatic carbocycles. The molecule has 0 spiro atoms. The van der Waals surface area contributed by atoms with Gasteiger partial charge in [-0.2, -0.15) is 0 Å². The molecule has 0 fully saturated rings. The summed E-state index contributed by atoms with van der Waals surface area (Å²) in [4.78, 5) is 11.7. The predicted molar refractivity (Wildman–Crippen MR) is 71.5 cm³/mol. The molecule has 2 heterocycles. The van der Waals surface area contributed by atoms with Crippen LogP contribution in [0.3, 0.4) is 0 Å². The van der Waals surface area contributed by atoms with Crippen LogP contribution in [-0.2, 0) is 4.74 Å². The number of esters is 1. The fourth-order valence-corrected chi connectivity index (χ4v) is 2.14. The number of cyclic esters (lactones) is 1. The fraction of sp³-hybridized carbons (Fsp3) is 0. The summed E-state index contributed by atoms with van der Waals surface area (Å²) >= 11 is 0. The van der Waals surface area contributed by atoms with Crippen molar-refractivity contribution in [1.29, 1.82) is 0 Å². The lowest BCUT2D eigenvalue weighted by molar-refractivity contribution is 0.0716. The molecule has 0 saturated heterocycles. The van der Waals surface area contributed by atoms with Gasteiger partial charge in [-0.15, -0.1) is 0 Å². The molecule has 90 valence electrons. The Labute approximate surface area is 108 Å². The minimum absolute atomic E-state index is 0.322. The van der Waals surface area contributed by atoms with Gasteiger partial charge in [-0.3, -0.25) is 0 Å². The van der Waals surface area contributed by atoms with Gasteiger partial charge in [0.1, 0.15) is 0 Å². The van der Waals surface area contributed by atoms with Crippen molar-refractivity contribution in [2.24, 2.45) is 0 Å². The molecule has 0 saturated carbocycles. The highest BCUT2D eigenvalue weighted by Gasteiger charge is 2.27. The number of hydrogen-bond acceptors (Lipinski definition) is 3. The maximum absolute atomic E-state index is 11.7. The standard InChI is InChI=1S/C16H8O3/c1-4-13-9-7-11-12(16(17)19-15(11)6-3)8-10(9)14(5-2)18-13/h7-8H,1-3H2. The van der Waals surface area contributed by atoms with Crippen molar-refractivity contribution < 1.29 is 13.9 Å². The molecule has 0 radical (unpaired) electrons. The van der Waals surface area contributed by atoms with Crippen LogP contribution in [0.1, 0.15) is 15.9 Å². The van der Waals surface area contributed by atoms with Gasteiger partial charge in [-0.25, -0.2) is 4.79 Å². The van der Waals surface area contributed by atoms with Crippen molar-refractivity contribution in [3.8, 4) is 0 Å². The topological polar surface area (TPSA) is 39.4 Å². The molecule has 3 nitrogen and oxygen atoms in total. The first-order chi connectivity index (χ1) is 9.19. The number of ether oxygens (including phenoxy) is 1. The molecule has 0 N–H and O–H groups in total. The van der Waals surface area contributed by atoms with Crippen molar-refractivity contribution in [3.63, 3.8) is 0 Å². The fourth-order valence-electron chi connectivity index (χ4n) is 2.14. The Morgan fingerprint density at radius 1 is 0.895 bits per heavy atom. The quantitative estimate of drug-likeness (QED) is 0.527. The van der Waals surface area contributed by atoms with Gasteiger partial charge in [0.25, 0.3) is 0 Å². The van der Waals surface area contributed by atoms with E-state index in [0.717, 1.165) is 10.8 Å². The summed E-state index contributed by atoms with van der Waals surface area (Å²) in [5.41, 5.74) is 10.0. The lowest BCUT2D eigenvalue weighted by Gasteiger charge is -1.94. The zero-order valence-corrected chi connectivity index (χ0v) is 10.0. The smallest absolute Gasteiger partial charge is 0.344 e. The number of rotatable bonds is 0. The van der Waals surface area contributed by atoms with E-state index in [1.165, 1.54) is 0 Å². The van der Waals surface area contributed by atoms with Gasteiger partial charge in [-0.05, 0) is 12.1 Å². The first kappa shape index (κ1) is 11.2. The Kier molecular flexibility index (Phi) is 2.22. The number of furan rings is 1. The van der Waals surface area contributed by atoms with Crippen molar-refractivity contribution >= 4 is 34.0 Å². The third-order valence-electron chi connectivity index (χ3n) is 2.99. The summed E-state index contributed by atoms with van der Waals surface area (Å²) < 4.78 is 10.6. The molecule has 0 amide bonds. The van der Waals surface area contributed by atoms with Crippen LogP contribution in [0.2, 0.25) is 0 Å². The van der Waals surface area contributed by atoms with Crippen LogP contribution in [0.15, 0.2) is 42.0 Å². The maximum atomic E-state index is 11.7. The van der Waals surface area contributed by atoms with E-state index in [0.29, 0.717) is 27.7 Å². The lowest BCUT2D eigenvalue weighted by Crippen LogP contribution is -1.97. The molecule has 1 aromatic heterocycles. The van der Waals surface area contributed by atoms with Crippen LogP contribution in [0, 0.1) is 0 Å². The first-order valence-corrected chi connectivity index (χ1v) is 5.49. The third-order valence-corrected chi connectivity index (χ3v) is 2.99. The normalized spacial score (nSPS) is 12.6. The van der Waals surface area contributed by atoms with E-state index >= 15 is 0 Å². The summed E-state index contributed by atoms with van der Waals surface area (Å²) in [7, 11) is 0. The highest BCUT2D eigenvalue weighted by molar-refractivity contribution is 6.06. The minimum atomic E-state index is -0.427. The second kappa shape index (κ2) is 3.78. The van der Waals surface area contributed by atoms with Crippen LogP contribution < -0.4 is 10.8 Å². The van der Waals surface area contributed by atoms with E-state index in [4.69, 9.17) is 9.15 Å². The molecule has 1 aliphatic rings. The van der Waals surface area contributed by atoms with Crippen LogP contribution >= 0.6 is 0 Å². The van der Waals surface area contributed by atoms with Gasteiger partial charge in [0, 0.05) is 16.3 Å². The van der Waals surface area contributed by atoms with Crippen molar-refractivity contribution in [3.05, 3.63) is 59.6 Å². The first-order valence-electron chi connectivity index (χ1n) is 5.49. The summed E-state index contributed by atoms with van der Waals surface area (Å²) in [6.07, 6.45) is 0. The maximum Gasteiger partial charge on any atom is 0.344 e. The van der Waals surface area contributed by atoms with E-state index < -0.39 is 5.97 Å². The molecule has 2 aromatic rings. The van der Waals surface area contributed by atoms with E-state index in [1.54, 1.807) is 12.1 Å². The van der Waals surface area contributed by atoms with Crippen molar-refractivity contribution in [2.75, 3.05) is 0 Å². The molecule has 3 rings (SSSR count). The van der Waals surface area contributed by atoms with Crippen molar-refractivity contribution in [1.82, 2.24) is 0 Å². The van der Waals surface area contributed by atoms with Gasteiger partial charge in [0.05, 0.1) is 5.56 Å². The molecular formula is C16H8O3. The third kappa shape index (κ3) is 1.38. The zero-order valence-electron chi connectivity index (χ0n) is 10.0. The molecule has 19 heavy (non-hydrogen) atoms. The number of carbonyl (C=O) groups is 1. The monoisotopic (exact) mass is 248 g/mol. The summed E-state index contributed by atoms with van der Waals surface area (Å²) in [6, 6.07) is 3.47. The number of benzene rings is 1. The number of hydrogen-bond donors (Lipinski definition) is 0. The summed E-state index contributed by atoms with van der Waals surface area (Å²) in [5, 5.41) is 1.49. The van der Waals surface area contributed by atoms with Gasteiger partial charge < -0.3 is 9.15 Å². The molecule has 1 aliphatic heterocycles. The highest BCUT2D eigenvalue weighted by atomic mass is 16.5. The SMILES string of the molecule is C=C=C1OC(=O)c2cc3c(=C=C)oc(=C=C)c3cc21. The Balaban J connectivity index is 2.62. The van der Waals surface area contributed by atoms with Crippen LogP contribution in [0.25, 0.3) is 28.0 Å². The van der Waals surface area contributed by atoms with Crippen LogP contribution in [-0.4, -0.2) is 5.97 Å². The largest absolute Gasteiger partial charge is 0.439 e. The Bertz CT molecular complexity index is 956. The molecular weight excluding hydrogens is 240 g/mol. The average molecular weight is 248 g/mol. The van der Waals surface area contributed by atoms with Gasteiger partial charge >= 0.3 is 5.97 Å². The van der Waals surface area contributed by atoms with E-state index in [-0.39, 0.29) is 0 Å². The molecule has 3 heteroatoms. The Morgan fingerprint density at radius 2 is 1.47 bits per heavy atom. The predicted octanol–water partition coefficient (Wildman–Crippen LogP) is 1.86. The van der Waals surface area contributed by atoms with Gasteiger partial charge in [0.15, 0.2) is 16.6 Å². The van der Waals surface area contributed by atoms with E-state index in [1.807, 2.05) is 0 Å². The van der Waals surface area contributed by atoms with Gasteiger partial charge in [0.2, 0.25) is 0 Å². The zero-order chi connectivity index (χ0) is 13.6. The molecule has 0 atom stereocenters.